The lowest BCUT2D eigenvalue weighted by molar-refractivity contribution is -0.394. The first-order valence-electron chi connectivity index (χ1n) is 8.33. The molecular weight excluding hydrogens is 414 g/mol. The maximum Gasteiger partial charge on any atom is 0.341 e. The number of hydrogen-bond donors (Lipinski definition) is 1. The molecule has 0 spiro atoms. The van der Waals surface area contributed by atoms with Gasteiger partial charge >= 0.3 is 5.97 Å². The molecule has 3 aromatic rings. The summed E-state index contributed by atoms with van der Waals surface area (Å²) in [4.78, 5) is 45.5. The normalized spacial score (nSPS) is 10.3. The van der Waals surface area contributed by atoms with Gasteiger partial charge in [-0.25, -0.2) is 4.79 Å². The van der Waals surface area contributed by atoms with E-state index in [4.69, 9.17) is 4.74 Å². The molecule has 0 bridgehead atoms. The van der Waals surface area contributed by atoms with Gasteiger partial charge in [0.05, 0.1) is 23.0 Å². The first-order chi connectivity index (χ1) is 14.3. The smallest absolute Gasteiger partial charge is 0.341 e. The van der Waals surface area contributed by atoms with E-state index >= 15 is 0 Å². The highest BCUT2D eigenvalue weighted by Gasteiger charge is 2.27. The van der Waals surface area contributed by atoms with Crippen LogP contribution in [0.2, 0.25) is 0 Å². The standard InChI is InChI=1S/C19H13N3O7S/c1-29-19(24)16-14(11-5-3-2-4-6-11)10-30-18(16)20-17(23)13-8-7-12(21(25)26)9-15(13)22(27)28/h2-10H,1H3,(H,20,23). The molecule has 0 radical (unpaired) electrons. The zero-order valence-electron chi connectivity index (χ0n) is 15.4. The van der Waals surface area contributed by atoms with Crippen LogP contribution in [-0.4, -0.2) is 28.8 Å². The number of rotatable bonds is 6. The van der Waals surface area contributed by atoms with Gasteiger partial charge in [0.15, 0.2) is 0 Å². The maximum atomic E-state index is 12.7. The largest absolute Gasteiger partial charge is 0.465 e. The van der Waals surface area contributed by atoms with E-state index in [1.54, 1.807) is 29.6 Å². The van der Waals surface area contributed by atoms with E-state index in [2.05, 4.69) is 5.32 Å². The molecule has 152 valence electrons. The van der Waals surface area contributed by atoms with Crippen molar-refractivity contribution < 1.29 is 24.2 Å². The molecule has 1 aromatic heterocycles. The third kappa shape index (κ3) is 4.00. The second kappa shape index (κ2) is 8.49. The third-order valence-corrected chi connectivity index (χ3v) is 5.02. The SMILES string of the molecule is COC(=O)c1c(-c2ccccc2)csc1NC(=O)c1ccc([N+](=O)[O-])cc1[N+](=O)[O-]. The van der Waals surface area contributed by atoms with Gasteiger partial charge in [-0.1, -0.05) is 30.3 Å². The number of carbonyl (C=O) groups is 2. The second-order valence-electron chi connectivity index (χ2n) is 5.88. The van der Waals surface area contributed by atoms with Crippen LogP contribution in [-0.2, 0) is 4.74 Å². The Kier molecular flexibility index (Phi) is 5.83. The average Bonchev–Trinajstić information content (AvgIpc) is 3.16. The van der Waals surface area contributed by atoms with Gasteiger partial charge in [-0.15, -0.1) is 11.3 Å². The Morgan fingerprint density at radius 2 is 1.73 bits per heavy atom. The van der Waals surface area contributed by atoms with E-state index in [1.165, 1.54) is 7.11 Å². The highest BCUT2D eigenvalue weighted by Crippen LogP contribution is 2.37. The van der Waals surface area contributed by atoms with Gasteiger partial charge in [-0.2, -0.15) is 0 Å². The fraction of sp³-hybridized carbons (Fsp3) is 0.0526. The highest BCUT2D eigenvalue weighted by atomic mass is 32.1. The summed E-state index contributed by atoms with van der Waals surface area (Å²) >= 11 is 1.05. The first kappa shape index (κ1) is 20.6. The van der Waals surface area contributed by atoms with Crippen LogP contribution in [0.3, 0.4) is 0 Å². The molecule has 0 aliphatic heterocycles. The molecule has 0 aliphatic rings. The molecule has 0 fully saturated rings. The number of esters is 1. The lowest BCUT2D eigenvalue weighted by Gasteiger charge is -2.08. The number of ether oxygens (including phenoxy) is 1. The maximum absolute atomic E-state index is 12.7. The number of benzene rings is 2. The second-order valence-corrected chi connectivity index (χ2v) is 6.76. The number of amides is 1. The van der Waals surface area contributed by atoms with Gasteiger partial charge in [0, 0.05) is 17.0 Å². The number of methoxy groups -OCH3 is 1. The van der Waals surface area contributed by atoms with Crippen LogP contribution in [0.25, 0.3) is 11.1 Å². The minimum Gasteiger partial charge on any atom is -0.465 e. The summed E-state index contributed by atoms with van der Waals surface area (Å²) in [5.41, 5.74) is -0.267. The number of nitro groups is 2. The molecule has 0 atom stereocenters. The number of thiophene rings is 1. The van der Waals surface area contributed by atoms with Gasteiger partial charge in [0.25, 0.3) is 17.3 Å². The third-order valence-electron chi connectivity index (χ3n) is 4.13. The number of anilines is 1. The number of hydrogen-bond acceptors (Lipinski definition) is 8. The first-order valence-corrected chi connectivity index (χ1v) is 9.21. The molecule has 0 saturated carbocycles. The lowest BCUT2D eigenvalue weighted by atomic mass is 10.0. The Morgan fingerprint density at radius 3 is 2.33 bits per heavy atom. The van der Waals surface area contributed by atoms with Crippen molar-refractivity contribution >= 4 is 39.6 Å². The van der Waals surface area contributed by atoms with Gasteiger partial charge in [-0.05, 0) is 11.6 Å². The van der Waals surface area contributed by atoms with E-state index in [9.17, 15) is 29.8 Å². The topological polar surface area (TPSA) is 142 Å². The Hall–Kier alpha value is -4.12. The van der Waals surface area contributed by atoms with Crippen molar-refractivity contribution in [1.29, 1.82) is 0 Å². The Labute approximate surface area is 173 Å². The van der Waals surface area contributed by atoms with Gasteiger partial charge in [0.2, 0.25) is 0 Å². The Morgan fingerprint density at radius 1 is 1.03 bits per heavy atom. The Balaban J connectivity index is 2.02. The van der Waals surface area contributed by atoms with Crippen molar-refractivity contribution in [1.82, 2.24) is 0 Å². The highest BCUT2D eigenvalue weighted by molar-refractivity contribution is 7.15. The molecule has 3 rings (SSSR count). The molecule has 0 aliphatic carbocycles. The molecule has 0 saturated heterocycles. The molecule has 0 unspecified atom stereocenters. The molecule has 10 nitrogen and oxygen atoms in total. The van der Waals surface area contributed by atoms with Crippen molar-refractivity contribution in [2.75, 3.05) is 12.4 Å². The quantitative estimate of drug-likeness (QED) is 0.352. The number of nitrogens with one attached hydrogen (secondary N) is 1. The van der Waals surface area contributed by atoms with Crippen molar-refractivity contribution in [3.63, 3.8) is 0 Å². The summed E-state index contributed by atoms with van der Waals surface area (Å²) < 4.78 is 4.82. The molecule has 1 heterocycles. The number of nitrogens with zero attached hydrogens (tertiary/aromatic N) is 2. The monoisotopic (exact) mass is 427 g/mol. The van der Waals surface area contributed by atoms with Gasteiger partial charge in [-0.3, -0.25) is 25.0 Å². The minimum atomic E-state index is -0.886. The van der Waals surface area contributed by atoms with E-state index < -0.39 is 33.1 Å². The van der Waals surface area contributed by atoms with Crippen LogP contribution in [0, 0.1) is 20.2 Å². The van der Waals surface area contributed by atoms with Crippen molar-refractivity contribution in [3.05, 3.63) is 85.3 Å². The van der Waals surface area contributed by atoms with Crippen molar-refractivity contribution in [2.45, 2.75) is 0 Å². The van der Waals surface area contributed by atoms with E-state index in [0.29, 0.717) is 11.6 Å². The summed E-state index contributed by atoms with van der Waals surface area (Å²) in [6, 6.07) is 11.6. The zero-order chi connectivity index (χ0) is 21.8. The molecule has 2 aromatic carbocycles. The van der Waals surface area contributed by atoms with E-state index in [-0.39, 0.29) is 16.1 Å². The molecule has 1 N–H and O–H groups in total. The fourth-order valence-electron chi connectivity index (χ4n) is 2.73. The van der Waals surface area contributed by atoms with Crippen molar-refractivity contribution in [3.8, 4) is 11.1 Å². The van der Waals surface area contributed by atoms with Crippen LogP contribution in [0.4, 0.5) is 16.4 Å². The molecule has 1 amide bonds. The summed E-state index contributed by atoms with van der Waals surface area (Å²) in [5.74, 6) is -1.58. The summed E-state index contributed by atoms with van der Waals surface area (Å²) in [5, 5.41) is 26.4. The molecular formula is C19H13N3O7S. The predicted molar refractivity (Wildman–Crippen MR) is 109 cm³/mol. The molecule has 30 heavy (non-hydrogen) atoms. The molecule has 11 heteroatoms. The summed E-state index contributed by atoms with van der Waals surface area (Å²) in [6.45, 7) is 0. The van der Waals surface area contributed by atoms with E-state index in [0.717, 1.165) is 29.0 Å². The number of nitro benzene ring substituents is 2. The van der Waals surface area contributed by atoms with Crippen molar-refractivity contribution in [2.24, 2.45) is 0 Å². The van der Waals surface area contributed by atoms with E-state index in [1.807, 2.05) is 6.07 Å². The minimum absolute atomic E-state index is 0.103. The summed E-state index contributed by atoms with van der Waals surface area (Å²) in [6.07, 6.45) is 0. The Bertz CT molecular complexity index is 1160. The van der Waals surface area contributed by atoms with Gasteiger partial charge < -0.3 is 10.1 Å². The summed E-state index contributed by atoms with van der Waals surface area (Å²) in [7, 11) is 1.20. The van der Waals surface area contributed by atoms with Gasteiger partial charge in [0.1, 0.15) is 16.1 Å². The number of non-ortho nitro benzene ring substituents is 1. The zero-order valence-corrected chi connectivity index (χ0v) is 16.2. The fourth-order valence-corrected chi connectivity index (χ4v) is 3.68. The van der Waals surface area contributed by atoms with Crippen LogP contribution in [0.15, 0.2) is 53.9 Å². The number of carbonyl (C=O) groups excluding carboxylic acids is 2. The van der Waals surface area contributed by atoms with Crippen LogP contribution < -0.4 is 5.32 Å². The lowest BCUT2D eigenvalue weighted by Crippen LogP contribution is -2.16. The van der Waals surface area contributed by atoms with Crippen LogP contribution in [0.5, 0.6) is 0 Å². The predicted octanol–water partition coefficient (Wildman–Crippen LogP) is 4.27. The van der Waals surface area contributed by atoms with Crippen LogP contribution >= 0.6 is 11.3 Å². The average molecular weight is 427 g/mol. The van der Waals surface area contributed by atoms with Crippen LogP contribution in [0.1, 0.15) is 20.7 Å².